The highest BCUT2D eigenvalue weighted by molar-refractivity contribution is 5.31. The van der Waals surface area contributed by atoms with E-state index in [-0.39, 0.29) is 0 Å². The Kier molecular flexibility index (Phi) is 4.15. The van der Waals surface area contributed by atoms with E-state index in [1.54, 1.807) is 6.20 Å². The number of benzene rings is 1. The summed E-state index contributed by atoms with van der Waals surface area (Å²) in [5.74, 6) is 1.04. The molecular weight excluding hydrogens is 222 g/mol. The van der Waals surface area contributed by atoms with Gasteiger partial charge in [-0.2, -0.15) is 0 Å². The molecule has 0 saturated heterocycles. The van der Waals surface area contributed by atoms with Crippen LogP contribution in [0.25, 0.3) is 0 Å². The summed E-state index contributed by atoms with van der Waals surface area (Å²) in [6.45, 7) is 7.44. The monoisotopic (exact) mass is 243 g/mol. The van der Waals surface area contributed by atoms with Gasteiger partial charge in [-0.1, -0.05) is 18.2 Å². The summed E-state index contributed by atoms with van der Waals surface area (Å²) in [6, 6.07) is 7.03. The van der Waals surface area contributed by atoms with Gasteiger partial charge in [-0.3, -0.25) is 0 Å². The normalized spacial score (nSPS) is 12.6. The molecule has 0 spiro atoms. The molecule has 1 heterocycles. The zero-order valence-electron chi connectivity index (χ0n) is 11.3. The predicted molar refractivity (Wildman–Crippen MR) is 74.6 cm³/mol. The Bertz CT molecular complexity index is 488. The molecule has 1 aromatic carbocycles. The highest BCUT2D eigenvalue weighted by atomic mass is 14.9. The number of hydrogen-bond donors (Lipinski definition) is 2. The maximum Gasteiger partial charge on any atom is 0.107 e. The van der Waals surface area contributed by atoms with Crippen LogP contribution in [0.1, 0.15) is 35.5 Å². The van der Waals surface area contributed by atoms with E-state index in [2.05, 4.69) is 54.3 Å². The summed E-state index contributed by atoms with van der Waals surface area (Å²) in [5, 5.41) is 3.52. The second-order valence-corrected chi connectivity index (χ2v) is 4.81. The summed E-state index contributed by atoms with van der Waals surface area (Å²) in [5.41, 5.74) is 4.05. The minimum absolute atomic E-state index is 0.374. The Morgan fingerprint density at radius 1 is 1.28 bits per heavy atom. The quantitative estimate of drug-likeness (QED) is 0.847. The zero-order valence-corrected chi connectivity index (χ0v) is 11.3. The van der Waals surface area contributed by atoms with Crippen molar-refractivity contribution in [2.45, 2.75) is 33.2 Å². The molecule has 2 aromatic rings. The average molecular weight is 243 g/mol. The summed E-state index contributed by atoms with van der Waals surface area (Å²) in [6.07, 6.45) is 4.59. The first-order chi connectivity index (χ1) is 8.66. The van der Waals surface area contributed by atoms with Crippen molar-refractivity contribution in [2.75, 3.05) is 6.54 Å². The molecule has 0 aliphatic heterocycles. The maximum absolute atomic E-state index is 4.22. The molecule has 1 unspecified atom stereocenters. The van der Waals surface area contributed by atoms with E-state index in [0.29, 0.717) is 6.04 Å². The van der Waals surface area contributed by atoms with E-state index >= 15 is 0 Å². The number of aromatic nitrogens is 2. The number of H-pyrrole nitrogens is 1. The number of rotatable bonds is 5. The van der Waals surface area contributed by atoms with Crippen LogP contribution in [-0.4, -0.2) is 16.5 Å². The molecule has 0 bridgehead atoms. The fourth-order valence-electron chi connectivity index (χ4n) is 1.99. The predicted octanol–water partition coefficient (Wildman–Crippen LogP) is 2.92. The van der Waals surface area contributed by atoms with E-state index in [1.807, 2.05) is 6.20 Å². The van der Waals surface area contributed by atoms with Crippen LogP contribution in [0.15, 0.2) is 30.6 Å². The number of nitrogens with one attached hydrogen (secondary N) is 2. The van der Waals surface area contributed by atoms with Crippen molar-refractivity contribution in [3.8, 4) is 0 Å². The Morgan fingerprint density at radius 3 is 2.78 bits per heavy atom. The van der Waals surface area contributed by atoms with Crippen molar-refractivity contribution < 1.29 is 0 Å². The topological polar surface area (TPSA) is 40.7 Å². The Labute approximate surface area is 109 Å². The van der Waals surface area contributed by atoms with Crippen LogP contribution in [-0.2, 0) is 6.42 Å². The second-order valence-electron chi connectivity index (χ2n) is 4.81. The Balaban J connectivity index is 1.87. The summed E-state index contributed by atoms with van der Waals surface area (Å²) >= 11 is 0. The first-order valence-electron chi connectivity index (χ1n) is 6.45. The lowest BCUT2D eigenvalue weighted by atomic mass is 10.0. The van der Waals surface area contributed by atoms with Crippen molar-refractivity contribution >= 4 is 0 Å². The highest BCUT2D eigenvalue weighted by Gasteiger charge is 2.05. The standard InChI is InChI=1S/C15H21N3/c1-11-4-5-14(10-12(11)2)13(3)16-7-6-15-17-8-9-18-15/h4-5,8-10,13,16H,6-7H2,1-3H3,(H,17,18). The Hall–Kier alpha value is -1.61. The van der Waals surface area contributed by atoms with E-state index in [0.717, 1.165) is 18.8 Å². The largest absolute Gasteiger partial charge is 0.349 e. The fraction of sp³-hybridized carbons (Fsp3) is 0.400. The lowest BCUT2D eigenvalue weighted by Gasteiger charge is -2.15. The van der Waals surface area contributed by atoms with Crippen LogP contribution in [0.4, 0.5) is 0 Å². The molecule has 0 radical (unpaired) electrons. The molecule has 0 aliphatic carbocycles. The molecule has 0 aliphatic rings. The van der Waals surface area contributed by atoms with Crippen LogP contribution in [0.5, 0.6) is 0 Å². The lowest BCUT2D eigenvalue weighted by molar-refractivity contribution is 0.571. The third kappa shape index (κ3) is 3.20. The molecule has 3 heteroatoms. The van der Waals surface area contributed by atoms with Crippen molar-refractivity contribution in [3.63, 3.8) is 0 Å². The van der Waals surface area contributed by atoms with Crippen molar-refractivity contribution in [1.29, 1.82) is 0 Å². The maximum atomic E-state index is 4.22. The minimum atomic E-state index is 0.374. The van der Waals surface area contributed by atoms with Gasteiger partial charge in [0.1, 0.15) is 5.82 Å². The number of aryl methyl sites for hydroxylation is 2. The van der Waals surface area contributed by atoms with Gasteiger partial charge in [0, 0.05) is 31.4 Å². The van der Waals surface area contributed by atoms with Crippen LogP contribution in [0.2, 0.25) is 0 Å². The molecule has 18 heavy (non-hydrogen) atoms. The third-order valence-corrected chi connectivity index (χ3v) is 3.40. The van der Waals surface area contributed by atoms with Gasteiger partial charge in [0.15, 0.2) is 0 Å². The van der Waals surface area contributed by atoms with Crippen LogP contribution >= 0.6 is 0 Å². The van der Waals surface area contributed by atoms with Gasteiger partial charge >= 0.3 is 0 Å². The van der Waals surface area contributed by atoms with Gasteiger partial charge in [0.05, 0.1) is 0 Å². The smallest absolute Gasteiger partial charge is 0.107 e. The zero-order chi connectivity index (χ0) is 13.0. The Morgan fingerprint density at radius 2 is 2.11 bits per heavy atom. The first-order valence-corrected chi connectivity index (χ1v) is 6.45. The second kappa shape index (κ2) is 5.83. The summed E-state index contributed by atoms with van der Waals surface area (Å²) in [4.78, 5) is 7.33. The van der Waals surface area contributed by atoms with E-state index in [9.17, 15) is 0 Å². The number of nitrogens with zero attached hydrogens (tertiary/aromatic N) is 1. The molecule has 0 saturated carbocycles. The summed E-state index contributed by atoms with van der Waals surface area (Å²) < 4.78 is 0. The number of imidazole rings is 1. The number of hydrogen-bond acceptors (Lipinski definition) is 2. The molecule has 0 fully saturated rings. The highest BCUT2D eigenvalue weighted by Crippen LogP contribution is 2.16. The van der Waals surface area contributed by atoms with Gasteiger partial charge in [0.2, 0.25) is 0 Å². The first kappa shape index (κ1) is 12.8. The van der Waals surface area contributed by atoms with E-state index < -0.39 is 0 Å². The molecule has 3 nitrogen and oxygen atoms in total. The molecule has 2 N–H and O–H groups in total. The van der Waals surface area contributed by atoms with Gasteiger partial charge < -0.3 is 10.3 Å². The van der Waals surface area contributed by atoms with Gasteiger partial charge in [-0.05, 0) is 37.5 Å². The van der Waals surface area contributed by atoms with E-state index in [1.165, 1.54) is 16.7 Å². The molecular formula is C15H21N3. The van der Waals surface area contributed by atoms with Crippen LogP contribution < -0.4 is 5.32 Å². The lowest BCUT2D eigenvalue weighted by Crippen LogP contribution is -2.21. The van der Waals surface area contributed by atoms with Gasteiger partial charge in [0.25, 0.3) is 0 Å². The molecule has 1 atom stereocenters. The van der Waals surface area contributed by atoms with Crippen molar-refractivity contribution in [1.82, 2.24) is 15.3 Å². The average Bonchev–Trinajstić information content (AvgIpc) is 2.85. The molecule has 0 amide bonds. The fourth-order valence-corrected chi connectivity index (χ4v) is 1.99. The van der Waals surface area contributed by atoms with E-state index in [4.69, 9.17) is 0 Å². The van der Waals surface area contributed by atoms with Crippen LogP contribution in [0, 0.1) is 13.8 Å². The summed E-state index contributed by atoms with van der Waals surface area (Å²) in [7, 11) is 0. The SMILES string of the molecule is Cc1ccc(C(C)NCCc2ncc[nH]2)cc1C. The third-order valence-electron chi connectivity index (χ3n) is 3.40. The van der Waals surface area contributed by atoms with Crippen molar-refractivity contribution in [3.05, 3.63) is 53.1 Å². The minimum Gasteiger partial charge on any atom is -0.349 e. The molecule has 1 aromatic heterocycles. The van der Waals surface area contributed by atoms with Crippen molar-refractivity contribution in [2.24, 2.45) is 0 Å². The van der Waals surface area contributed by atoms with Gasteiger partial charge in [-0.15, -0.1) is 0 Å². The molecule has 96 valence electrons. The number of aromatic amines is 1. The van der Waals surface area contributed by atoms with Crippen LogP contribution in [0.3, 0.4) is 0 Å². The molecule has 2 rings (SSSR count). The van der Waals surface area contributed by atoms with Gasteiger partial charge in [-0.25, -0.2) is 4.98 Å².